The minimum Gasteiger partial charge on any atom is -0.478 e. The molecule has 0 spiro atoms. The largest absolute Gasteiger partial charge is 0.478 e. The maximum atomic E-state index is 13.8. The molecular weight excluding hydrogens is 534 g/mol. The standard InChI is InChI=1S/C37H43N3O3/c1-24-20-25(2)39-35-33(24)31-14-7-8-15-32(31)40(35)23-26-16-18-29(19-17-26)34(28-11-5-3-4-6-12-28)36(41)38-22-27-10-9-13-30(21-27)37(42)43/h9-10,13,16-21,28,34H,3-8,11-12,14-15,22-23H2,1-2H3,(H,38,41)(H,42,43). The molecule has 224 valence electrons. The van der Waals surface area contributed by atoms with Crippen LogP contribution in [0.15, 0.2) is 54.6 Å². The van der Waals surface area contributed by atoms with E-state index in [1.165, 1.54) is 53.5 Å². The first-order valence-corrected chi connectivity index (χ1v) is 16.1. The highest BCUT2D eigenvalue weighted by Gasteiger charge is 2.30. The molecule has 0 radical (unpaired) electrons. The van der Waals surface area contributed by atoms with Gasteiger partial charge in [0.2, 0.25) is 5.91 Å². The molecule has 1 fully saturated rings. The second-order valence-electron chi connectivity index (χ2n) is 12.7. The molecule has 2 aromatic carbocycles. The Morgan fingerprint density at radius 3 is 2.42 bits per heavy atom. The summed E-state index contributed by atoms with van der Waals surface area (Å²) in [5.41, 5.74) is 9.74. The number of carbonyl (C=O) groups is 2. The number of amides is 1. The quantitative estimate of drug-likeness (QED) is 0.211. The van der Waals surface area contributed by atoms with E-state index in [1.54, 1.807) is 18.2 Å². The molecule has 0 saturated heterocycles. The smallest absolute Gasteiger partial charge is 0.335 e. The first-order chi connectivity index (χ1) is 20.9. The van der Waals surface area contributed by atoms with Gasteiger partial charge in [-0.3, -0.25) is 4.79 Å². The number of aromatic carboxylic acids is 1. The molecule has 2 aromatic heterocycles. The van der Waals surface area contributed by atoms with Crippen molar-refractivity contribution in [1.29, 1.82) is 0 Å². The number of aromatic nitrogens is 2. The van der Waals surface area contributed by atoms with E-state index in [2.05, 4.69) is 54.1 Å². The minimum atomic E-state index is -0.959. The summed E-state index contributed by atoms with van der Waals surface area (Å²) in [6.45, 7) is 5.40. The molecule has 2 heterocycles. The Morgan fingerprint density at radius 1 is 0.930 bits per heavy atom. The van der Waals surface area contributed by atoms with Crippen molar-refractivity contribution in [2.24, 2.45) is 5.92 Å². The summed E-state index contributed by atoms with van der Waals surface area (Å²) >= 11 is 0. The Morgan fingerprint density at radius 2 is 1.67 bits per heavy atom. The molecule has 1 unspecified atom stereocenters. The first kappa shape index (κ1) is 29.2. The van der Waals surface area contributed by atoms with Crippen LogP contribution in [0.4, 0.5) is 0 Å². The van der Waals surface area contributed by atoms with Gasteiger partial charge in [0.25, 0.3) is 0 Å². The maximum Gasteiger partial charge on any atom is 0.335 e. The number of nitrogens with one attached hydrogen (secondary N) is 1. The summed E-state index contributed by atoms with van der Waals surface area (Å²) in [6.07, 6.45) is 11.6. The van der Waals surface area contributed by atoms with Gasteiger partial charge in [0.05, 0.1) is 11.5 Å². The molecule has 0 aliphatic heterocycles. The van der Waals surface area contributed by atoms with Gasteiger partial charge in [-0.1, -0.05) is 62.1 Å². The zero-order valence-electron chi connectivity index (χ0n) is 25.5. The number of pyridine rings is 1. The highest BCUT2D eigenvalue weighted by Crippen LogP contribution is 2.37. The molecule has 1 amide bonds. The highest BCUT2D eigenvalue weighted by molar-refractivity contribution is 5.88. The zero-order chi connectivity index (χ0) is 29.9. The number of carboxylic acid groups (broad SMARTS) is 1. The van der Waals surface area contributed by atoms with Crippen LogP contribution in [-0.2, 0) is 30.7 Å². The summed E-state index contributed by atoms with van der Waals surface area (Å²) in [6, 6.07) is 17.7. The molecule has 43 heavy (non-hydrogen) atoms. The van der Waals surface area contributed by atoms with E-state index in [9.17, 15) is 14.7 Å². The summed E-state index contributed by atoms with van der Waals surface area (Å²) in [7, 11) is 0. The molecule has 6 rings (SSSR count). The second-order valence-corrected chi connectivity index (χ2v) is 12.7. The van der Waals surface area contributed by atoms with Crippen molar-refractivity contribution in [2.45, 2.75) is 97.1 Å². The number of hydrogen-bond donors (Lipinski definition) is 2. The predicted octanol–water partition coefficient (Wildman–Crippen LogP) is 7.65. The average molecular weight is 578 g/mol. The van der Waals surface area contributed by atoms with Crippen LogP contribution in [-0.4, -0.2) is 26.5 Å². The van der Waals surface area contributed by atoms with Gasteiger partial charge in [-0.25, -0.2) is 9.78 Å². The predicted molar refractivity (Wildman–Crippen MR) is 171 cm³/mol. The fourth-order valence-electron chi connectivity index (χ4n) is 7.55. The lowest BCUT2D eigenvalue weighted by Crippen LogP contribution is -2.33. The van der Waals surface area contributed by atoms with Crippen LogP contribution in [0, 0.1) is 19.8 Å². The van der Waals surface area contributed by atoms with E-state index in [0.29, 0.717) is 12.5 Å². The van der Waals surface area contributed by atoms with Crippen molar-refractivity contribution in [3.05, 3.63) is 99.4 Å². The summed E-state index contributed by atoms with van der Waals surface area (Å²) in [5.74, 6) is -0.851. The van der Waals surface area contributed by atoms with Gasteiger partial charge in [-0.2, -0.15) is 0 Å². The van der Waals surface area contributed by atoms with Gasteiger partial charge in [-0.15, -0.1) is 0 Å². The Bertz CT molecular complexity index is 1630. The van der Waals surface area contributed by atoms with Crippen LogP contribution >= 0.6 is 0 Å². The Kier molecular flexibility index (Phi) is 8.64. The van der Waals surface area contributed by atoms with E-state index >= 15 is 0 Å². The molecule has 1 saturated carbocycles. The number of carbonyl (C=O) groups excluding carboxylic acids is 1. The summed E-state index contributed by atoms with van der Waals surface area (Å²) in [5, 5.41) is 13.9. The number of benzene rings is 2. The van der Waals surface area contributed by atoms with E-state index in [1.807, 2.05) is 6.07 Å². The third kappa shape index (κ3) is 6.24. The number of nitrogens with zero attached hydrogens (tertiary/aromatic N) is 2. The number of rotatable bonds is 8. The van der Waals surface area contributed by atoms with Crippen LogP contribution in [0.25, 0.3) is 11.0 Å². The van der Waals surface area contributed by atoms with Crippen molar-refractivity contribution in [3.63, 3.8) is 0 Å². The molecular formula is C37H43N3O3. The normalized spacial score (nSPS) is 16.4. The molecule has 6 heteroatoms. The van der Waals surface area contributed by atoms with Gasteiger partial charge >= 0.3 is 5.97 Å². The van der Waals surface area contributed by atoms with E-state index in [0.717, 1.165) is 67.5 Å². The van der Waals surface area contributed by atoms with Crippen molar-refractivity contribution in [3.8, 4) is 0 Å². The topological polar surface area (TPSA) is 84.2 Å². The van der Waals surface area contributed by atoms with Gasteiger partial charge in [-0.05, 0) is 104 Å². The van der Waals surface area contributed by atoms with Crippen LogP contribution in [0.2, 0.25) is 0 Å². The van der Waals surface area contributed by atoms with Crippen molar-refractivity contribution < 1.29 is 14.7 Å². The zero-order valence-corrected chi connectivity index (χ0v) is 25.5. The highest BCUT2D eigenvalue weighted by atomic mass is 16.4. The summed E-state index contributed by atoms with van der Waals surface area (Å²) < 4.78 is 2.44. The van der Waals surface area contributed by atoms with E-state index in [-0.39, 0.29) is 17.4 Å². The van der Waals surface area contributed by atoms with E-state index < -0.39 is 5.97 Å². The Hall–Kier alpha value is -3.93. The van der Waals surface area contributed by atoms with Gasteiger partial charge in [0, 0.05) is 29.9 Å². The summed E-state index contributed by atoms with van der Waals surface area (Å²) in [4.78, 5) is 30.3. The molecule has 6 nitrogen and oxygen atoms in total. The third-order valence-electron chi connectivity index (χ3n) is 9.62. The van der Waals surface area contributed by atoms with Crippen LogP contribution in [0.3, 0.4) is 0 Å². The minimum absolute atomic E-state index is 0.0287. The fraction of sp³-hybridized carbons (Fsp3) is 0.432. The molecule has 0 bridgehead atoms. The molecule has 2 N–H and O–H groups in total. The lowest BCUT2D eigenvalue weighted by molar-refractivity contribution is -0.124. The van der Waals surface area contributed by atoms with Gasteiger partial charge in [0.15, 0.2) is 0 Å². The Balaban J connectivity index is 1.26. The molecule has 4 aromatic rings. The Labute approximate surface area is 254 Å². The maximum absolute atomic E-state index is 13.8. The van der Waals surface area contributed by atoms with Crippen LogP contribution < -0.4 is 5.32 Å². The van der Waals surface area contributed by atoms with Gasteiger partial charge < -0.3 is 15.0 Å². The number of hydrogen-bond acceptors (Lipinski definition) is 3. The number of fused-ring (bicyclic) bond motifs is 3. The SMILES string of the molecule is Cc1cc(C)c2c3c(n(Cc4ccc(C(C(=O)NCc5cccc(C(=O)O)c5)C5CCCCCC5)cc4)c2n1)CCCC3. The average Bonchev–Trinajstić information content (AvgIpc) is 3.13. The number of aryl methyl sites for hydroxylation is 3. The molecule has 1 atom stereocenters. The molecule has 2 aliphatic carbocycles. The first-order valence-electron chi connectivity index (χ1n) is 16.1. The monoisotopic (exact) mass is 577 g/mol. The lowest BCUT2D eigenvalue weighted by atomic mass is 9.80. The van der Waals surface area contributed by atoms with Crippen molar-refractivity contribution in [2.75, 3.05) is 0 Å². The van der Waals surface area contributed by atoms with Crippen LogP contribution in [0.5, 0.6) is 0 Å². The third-order valence-corrected chi connectivity index (χ3v) is 9.62. The second kappa shape index (κ2) is 12.7. The van der Waals surface area contributed by atoms with E-state index in [4.69, 9.17) is 4.98 Å². The fourth-order valence-corrected chi connectivity index (χ4v) is 7.55. The molecule has 2 aliphatic rings. The van der Waals surface area contributed by atoms with Crippen molar-refractivity contribution in [1.82, 2.24) is 14.9 Å². The van der Waals surface area contributed by atoms with Crippen LogP contribution in [0.1, 0.15) is 107 Å². The van der Waals surface area contributed by atoms with Crippen molar-refractivity contribution >= 4 is 22.9 Å². The lowest BCUT2D eigenvalue weighted by Gasteiger charge is -2.26. The number of carboxylic acids is 1. The van der Waals surface area contributed by atoms with Gasteiger partial charge in [0.1, 0.15) is 5.65 Å².